The number of aliphatic hydroxyl groups excluding tert-OH is 3. The largest absolute Gasteiger partial charge is 0.505 e. The van der Waals surface area contributed by atoms with Crippen LogP contribution in [0.25, 0.3) is 0 Å². The second-order valence-corrected chi connectivity index (χ2v) is 26.5. The second kappa shape index (κ2) is 19.1. The van der Waals surface area contributed by atoms with Crippen LogP contribution in [0.15, 0.2) is 54.7 Å². The van der Waals surface area contributed by atoms with Gasteiger partial charge >= 0.3 is 23.9 Å². The van der Waals surface area contributed by atoms with E-state index in [4.69, 9.17) is 37.9 Å². The Morgan fingerprint density at radius 1 is 0.837 bits per heavy atom. The van der Waals surface area contributed by atoms with Crippen LogP contribution in [0.5, 0.6) is 23.0 Å². The summed E-state index contributed by atoms with van der Waals surface area (Å²) in [6, 6.07) is 9.95. The van der Waals surface area contributed by atoms with Crippen molar-refractivity contribution in [3.63, 3.8) is 0 Å². The highest BCUT2D eigenvalue weighted by atomic mass is 19.1. The number of aromatic hydroxyl groups is 1. The Morgan fingerprint density at radius 2 is 1.55 bits per heavy atom. The van der Waals surface area contributed by atoms with E-state index in [2.05, 4.69) is 15.6 Å². The van der Waals surface area contributed by atoms with Crippen LogP contribution in [-0.2, 0) is 66.4 Å². The van der Waals surface area contributed by atoms with Gasteiger partial charge in [0.05, 0.1) is 58.8 Å². The maximum atomic E-state index is 16.1. The van der Waals surface area contributed by atoms with Crippen LogP contribution >= 0.6 is 0 Å². The minimum absolute atomic E-state index is 0.00975. The van der Waals surface area contributed by atoms with Gasteiger partial charge in [0.15, 0.2) is 34.3 Å². The SMILES string of the molecule is CC(=O)O[C@H]1C2C([C@@H](O)[C@H](NC(=O)CCCCCCn3cc(COc4cc5c(cc4F)C4(OC(=O)c6ccccc64)c4cc(F)c(O)cc4O5)nn3)[C@H]3C[C@@H]4O[C@@H]4[C@H](O)[C@]23C)[C@@H]2[C@@H](O)[C@@H]3[C@H]([C@H](C)[C@H]4O[C@]45OC(=O)[C@@](C)(O)[C@]35C)[C@@]2(C)[C@H]1OC(C)=O. The molecule has 3 unspecified atom stereocenters. The second-order valence-electron chi connectivity index (χ2n) is 26.5. The van der Waals surface area contributed by atoms with Gasteiger partial charge in [-0.05, 0) is 75.0 Å². The number of aliphatic hydroxyl groups is 4. The molecule has 6 heterocycles. The summed E-state index contributed by atoms with van der Waals surface area (Å²) in [7, 11) is 0. The number of rotatable bonds is 13. The van der Waals surface area contributed by atoms with Crippen molar-refractivity contribution in [2.75, 3.05) is 0 Å². The van der Waals surface area contributed by atoms with Gasteiger partial charge in [0, 0.05) is 73.1 Å². The van der Waals surface area contributed by atoms with Crippen LogP contribution in [-0.4, -0.2) is 137 Å². The minimum atomic E-state index is -2.16. The predicted octanol–water partition coefficient (Wildman–Crippen LogP) is 4.77. The van der Waals surface area contributed by atoms with E-state index in [0.717, 1.165) is 18.2 Å². The van der Waals surface area contributed by atoms with Crippen molar-refractivity contribution in [1.82, 2.24) is 20.3 Å². The topological polar surface area (TPSA) is 310 Å². The number of aromatic nitrogens is 3. The first-order valence-corrected chi connectivity index (χ1v) is 29.6. The fraction of sp³-hybridized carbons (Fsp3) is 0.597. The number of hydrogen-bond donors (Lipinski definition) is 6. The molecule has 2 spiro atoms. The van der Waals surface area contributed by atoms with E-state index < -0.39 is 165 Å². The Kier molecular flexibility index (Phi) is 12.6. The molecule has 5 saturated carbocycles. The Hall–Kier alpha value is -6.83. The number of halogens is 2. The number of nitrogens with one attached hydrogen (secondary N) is 1. The van der Waals surface area contributed by atoms with Crippen LogP contribution in [0, 0.1) is 69.3 Å². The van der Waals surface area contributed by atoms with E-state index in [1.54, 1.807) is 42.1 Å². The van der Waals surface area contributed by atoms with Crippen LogP contribution in [0.4, 0.5) is 8.78 Å². The van der Waals surface area contributed by atoms with Gasteiger partial charge in [0.25, 0.3) is 0 Å². The Morgan fingerprint density at radius 3 is 2.29 bits per heavy atom. The molecule has 10 aliphatic rings. The van der Waals surface area contributed by atoms with Gasteiger partial charge in [-0.15, -0.1) is 5.10 Å². The standard InChI is InChI=1S/C62H68F2N4O18/c1-25-43-46(59(6)60(7,78)56(77)86-62(59)53(25)84-62)49(74)44-42-45(51(80-26(2)69)54(58(43,44)5)81-27(3)70)57(4)33(20-40-50(83-40)52(57)75)47(48(42)73)65-41(72)16-10-8-9-13-17-68-23-28(66-67-68)24-79-39-22-38-32(19-35(39)64)61(30-15-12-11-14-29(30)55(76)85-61)31-18-34(63)36(71)21-37(31)82-38/h11-12,14-15,18-19,21-23,25,33,40,42-54,71,73-75,78H,8-10,13,16-17,20,24H2,1-7H3,(H,65,72)/t25-,33+,40-,42?,43-,44+,45?,46-,47+,48+,49+,50-,51-,52-,53+,54-,57-,58+,59-,60+,61?,62-/m0/s1. The summed E-state index contributed by atoms with van der Waals surface area (Å²) in [6.07, 6.45) is -3.84. The number of amides is 1. The molecule has 0 radical (unpaired) electrons. The summed E-state index contributed by atoms with van der Waals surface area (Å²) >= 11 is 0. The van der Waals surface area contributed by atoms with Crippen molar-refractivity contribution in [3.8, 4) is 23.0 Å². The van der Waals surface area contributed by atoms with Crippen LogP contribution < -0.4 is 14.8 Å². The molecule has 3 saturated heterocycles. The number of phenolic OH excluding ortho intramolecular Hbond substituents is 1. The number of unbranched alkanes of at least 4 members (excludes halogenated alkanes) is 3. The van der Waals surface area contributed by atoms with Gasteiger partial charge < -0.3 is 68.7 Å². The number of aryl methyl sites for hydroxylation is 1. The molecule has 0 bridgehead atoms. The van der Waals surface area contributed by atoms with Gasteiger partial charge in [-0.1, -0.05) is 57.0 Å². The fourth-order valence-corrected chi connectivity index (χ4v) is 18.6. The highest BCUT2D eigenvalue weighted by Crippen LogP contribution is 2.81. The van der Waals surface area contributed by atoms with Gasteiger partial charge in [-0.2, -0.15) is 0 Å². The highest BCUT2D eigenvalue weighted by molar-refractivity contribution is 5.97. The number of benzene rings is 3. The smallest absolute Gasteiger partial charge is 0.341 e. The summed E-state index contributed by atoms with van der Waals surface area (Å²) in [6.45, 7) is 11.3. The van der Waals surface area contributed by atoms with Crippen molar-refractivity contribution >= 4 is 29.8 Å². The quantitative estimate of drug-likeness (QED) is 0.0454. The number of carbonyl (C=O) groups is 5. The number of epoxide rings is 2. The number of fused-ring (bicyclic) bond motifs is 15. The maximum absolute atomic E-state index is 16.1. The molecule has 22 nitrogen and oxygen atoms in total. The number of hydrogen-bond acceptors (Lipinski definition) is 20. The minimum Gasteiger partial charge on any atom is -0.505 e. The molecule has 6 N–H and O–H groups in total. The lowest BCUT2D eigenvalue weighted by molar-refractivity contribution is -0.285. The number of phenols is 1. The lowest BCUT2D eigenvalue weighted by Crippen LogP contribution is -2.76. The average molecular weight is 1200 g/mol. The van der Waals surface area contributed by atoms with Crippen LogP contribution in [0.3, 0.4) is 0 Å². The summed E-state index contributed by atoms with van der Waals surface area (Å²) < 4.78 is 81.4. The third-order valence-corrected chi connectivity index (χ3v) is 22.4. The van der Waals surface area contributed by atoms with E-state index in [1.807, 2.05) is 20.8 Å². The first-order chi connectivity index (χ1) is 40.7. The molecule has 24 heteroatoms. The number of ether oxygens (including phenoxy) is 8. The number of nitrogens with zero attached hydrogens (tertiary/aromatic N) is 3. The van der Waals surface area contributed by atoms with Crippen LogP contribution in [0.1, 0.15) is 120 Å². The Labute approximate surface area is 491 Å². The normalized spacial score (nSPS) is 41.8. The van der Waals surface area contributed by atoms with Crippen molar-refractivity contribution in [2.24, 2.45) is 57.7 Å². The Balaban J connectivity index is 0.654. The molecule has 8 fully saturated rings. The molecule has 3 aromatic carbocycles. The van der Waals surface area contributed by atoms with E-state index in [1.165, 1.54) is 26.8 Å². The van der Waals surface area contributed by atoms with E-state index in [9.17, 15) is 53.9 Å². The molecule has 5 aliphatic carbocycles. The lowest BCUT2D eigenvalue weighted by Gasteiger charge is -2.67. The van der Waals surface area contributed by atoms with Crippen LogP contribution in [0.2, 0.25) is 0 Å². The molecule has 458 valence electrons. The van der Waals surface area contributed by atoms with Crippen molar-refractivity contribution in [1.29, 1.82) is 0 Å². The van der Waals surface area contributed by atoms with Crippen molar-refractivity contribution in [3.05, 3.63) is 94.3 Å². The molecule has 22 atom stereocenters. The van der Waals surface area contributed by atoms with Gasteiger partial charge in [-0.25, -0.2) is 18.4 Å². The molecule has 86 heavy (non-hydrogen) atoms. The van der Waals surface area contributed by atoms with Crippen molar-refractivity contribution in [2.45, 2.75) is 172 Å². The highest BCUT2D eigenvalue weighted by Gasteiger charge is 2.93. The summed E-state index contributed by atoms with van der Waals surface area (Å²) in [5, 5.41) is 73.0. The van der Waals surface area contributed by atoms with Crippen molar-refractivity contribution < 1.29 is 96.2 Å². The average Bonchev–Trinajstić information content (AvgIpc) is 1.44. The predicted molar refractivity (Wildman–Crippen MR) is 287 cm³/mol. The van der Waals surface area contributed by atoms with Gasteiger partial charge in [-0.3, -0.25) is 19.1 Å². The first kappa shape index (κ1) is 56.9. The first-order valence-electron chi connectivity index (χ1n) is 29.6. The summed E-state index contributed by atoms with van der Waals surface area (Å²) in [5.41, 5.74) is -7.07. The summed E-state index contributed by atoms with van der Waals surface area (Å²) in [4.78, 5) is 67.9. The number of carbonyl (C=O) groups excluding carboxylic acids is 5. The Bertz CT molecular complexity index is 3570. The molecule has 1 aromatic heterocycles. The summed E-state index contributed by atoms with van der Waals surface area (Å²) in [5.74, 6) is -13.5. The zero-order valence-electron chi connectivity index (χ0n) is 48.2. The molecule has 1 amide bonds. The number of esters is 4. The molecular formula is C62H68F2N4O18. The molecule has 4 aromatic rings. The van der Waals surface area contributed by atoms with Gasteiger partial charge in [0.2, 0.25) is 11.7 Å². The van der Waals surface area contributed by atoms with E-state index in [0.29, 0.717) is 49.9 Å². The third-order valence-electron chi connectivity index (χ3n) is 22.4. The zero-order valence-corrected chi connectivity index (χ0v) is 48.2. The molecule has 5 aliphatic heterocycles. The van der Waals surface area contributed by atoms with E-state index >= 15 is 4.39 Å². The molecular weight excluding hydrogens is 1130 g/mol. The zero-order chi connectivity index (χ0) is 60.9. The third kappa shape index (κ3) is 7.51. The fourth-order valence-electron chi connectivity index (χ4n) is 18.6. The van der Waals surface area contributed by atoms with Gasteiger partial charge in [0.1, 0.15) is 48.2 Å². The monoisotopic (exact) mass is 1190 g/mol. The maximum Gasteiger partial charge on any atom is 0.341 e. The molecule has 14 rings (SSSR count). The lowest BCUT2D eigenvalue weighted by atomic mass is 9.40. The van der Waals surface area contributed by atoms with E-state index in [-0.39, 0.29) is 59.0 Å².